The molecule has 0 spiro atoms. The standard InChI is InChI=1S/C23H27N3O3/c1-2-3-14-24-21(27)20-22(28)25-15-16-26(20)23(29)19(17-10-6-4-7-11-17)18-12-8-5-9-13-18/h4-13,19-20H,2-3,14-16H2,1H3,(H,24,27)(H,25,28). The highest BCUT2D eigenvalue weighted by Gasteiger charge is 2.41. The summed E-state index contributed by atoms with van der Waals surface area (Å²) in [6.07, 6.45) is 1.76. The second-order valence-corrected chi connectivity index (χ2v) is 7.12. The van der Waals surface area contributed by atoms with Crippen molar-refractivity contribution in [2.24, 2.45) is 0 Å². The van der Waals surface area contributed by atoms with Crippen LogP contribution in [0.2, 0.25) is 0 Å². The average molecular weight is 393 g/mol. The molecule has 6 nitrogen and oxygen atoms in total. The third-order valence-corrected chi connectivity index (χ3v) is 5.09. The van der Waals surface area contributed by atoms with Gasteiger partial charge < -0.3 is 15.5 Å². The molecule has 1 atom stereocenters. The number of nitrogens with one attached hydrogen (secondary N) is 2. The highest BCUT2D eigenvalue weighted by atomic mass is 16.2. The summed E-state index contributed by atoms with van der Waals surface area (Å²) in [7, 11) is 0. The van der Waals surface area contributed by atoms with Crippen molar-refractivity contribution in [3.63, 3.8) is 0 Å². The van der Waals surface area contributed by atoms with E-state index in [1.165, 1.54) is 4.90 Å². The Kier molecular flexibility index (Phi) is 7.00. The van der Waals surface area contributed by atoms with Gasteiger partial charge in [0.05, 0.1) is 5.92 Å². The number of nitrogens with zero attached hydrogens (tertiary/aromatic N) is 1. The van der Waals surface area contributed by atoms with Crippen molar-refractivity contribution in [1.82, 2.24) is 15.5 Å². The van der Waals surface area contributed by atoms with Crippen molar-refractivity contribution in [1.29, 1.82) is 0 Å². The molecule has 1 aliphatic rings. The van der Waals surface area contributed by atoms with Crippen LogP contribution in [-0.2, 0) is 14.4 Å². The quantitative estimate of drug-likeness (QED) is 0.558. The lowest BCUT2D eigenvalue weighted by Gasteiger charge is -2.36. The van der Waals surface area contributed by atoms with Gasteiger partial charge in [-0.2, -0.15) is 0 Å². The van der Waals surface area contributed by atoms with Crippen LogP contribution in [0.1, 0.15) is 36.8 Å². The van der Waals surface area contributed by atoms with Gasteiger partial charge in [0.2, 0.25) is 5.91 Å². The zero-order chi connectivity index (χ0) is 20.6. The highest BCUT2D eigenvalue weighted by Crippen LogP contribution is 2.28. The van der Waals surface area contributed by atoms with E-state index in [0.717, 1.165) is 24.0 Å². The van der Waals surface area contributed by atoms with Gasteiger partial charge in [0.15, 0.2) is 6.04 Å². The lowest BCUT2D eigenvalue weighted by Crippen LogP contribution is -2.63. The minimum absolute atomic E-state index is 0.243. The maximum absolute atomic E-state index is 13.7. The number of carbonyl (C=O) groups excluding carboxylic acids is 3. The van der Waals surface area contributed by atoms with Crippen LogP contribution in [-0.4, -0.2) is 48.3 Å². The van der Waals surface area contributed by atoms with Crippen LogP contribution < -0.4 is 10.6 Å². The lowest BCUT2D eigenvalue weighted by molar-refractivity contribution is -0.150. The molecule has 1 unspecified atom stereocenters. The molecule has 0 aliphatic carbocycles. The molecule has 2 aromatic carbocycles. The SMILES string of the molecule is CCCCNC(=O)C1C(=O)NCCN1C(=O)C(c1ccccc1)c1ccccc1. The van der Waals surface area contributed by atoms with Gasteiger partial charge in [0.1, 0.15) is 0 Å². The van der Waals surface area contributed by atoms with Gasteiger partial charge in [-0.15, -0.1) is 0 Å². The number of hydrogen-bond acceptors (Lipinski definition) is 3. The van der Waals surface area contributed by atoms with Crippen molar-refractivity contribution in [2.45, 2.75) is 31.7 Å². The molecule has 29 heavy (non-hydrogen) atoms. The molecular formula is C23H27N3O3. The Morgan fingerprint density at radius 1 is 1.07 bits per heavy atom. The predicted molar refractivity (Wildman–Crippen MR) is 111 cm³/mol. The van der Waals surface area contributed by atoms with E-state index in [1.807, 2.05) is 67.6 Å². The number of benzene rings is 2. The van der Waals surface area contributed by atoms with E-state index in [9.17, 15) is 14.4 Å². The van der Waals surface area contributed by atoms with Gasteiger partial charge in [-0.1, -0.05) is 74.0 Å². The summed E-state index contributed by atoms with van der Waals surface area (Å²) in [6, 6.07) is 17.8. The summed E-state index contributed by atoms with van der Waals surface area (Å²) in [4.78, 5) is 40.3. The maximum Gasteiger partial charge on any atom is 0.252 e. The van der Waals surface area contributed by atoms with Crippen LogP contribution in [0.15, 0.2) is 60.7 Å². The first-order valence-corrected chi connectivity index (χ1v) is 10.1. The van der Waals surface area contributed by atoms with E-state index < -0.39 is 23.8 Å². The van der Waals surface area contributed by atoms with Crippen LogP contribution in [0.5, 0.6) is 0 Å². The molecule has 152 valence electrons. The van der Waals surface area contributed by atoms with Gasteiger partial charge in [-0.05, 0) is 17.5 Å². The fraction of sp³-hybridized carbons (Fsp3) is 0.348. The monoisotopic (exact) mass is 393 g/mol. The van der Waals surface area contributed by atoms with Crippen LogP contribution in [0.4, 0.5) is 0 Å². The van der Waals surface area contributed by atoms with E-state index in [1.54, 1.807) is 0 Å². The Morgan fingerprint density at radius 2 is 1.66 bits per heavy atom. The van der Waals surface area contributed by atoms with E-state index >= 15 is 0 Å². The molecule has 2 aromatic rings. The fourth-order valence-corrected chi connectivity index (χ4v) is 3.58. The second kappa shape index (κ2) is 9.87. The third kappa shape index (κ3) is 4.83. The molecule has 2 N–H and O–H groups in total. The van der Waals surface area contributed by atoms with E-state index in [4.69, 9.17) is 0 Å². The number of carbonyl (C=O) groups is 3. The number of piperazine rings is 1. The first kappa shape index (κ1) is 20.6. The summed E-state index contributed by atoms with van der Waals surface area (Å²) < 4.78 is 0. The largest absolute Gasteiger partial charge is 0.354 e. The fourth-order valence-electron chi connectivity index (χ4n) is 3.58. The Morgan fingerprint density at radius 3 is 2.21 bits per heavy atom. The van der Waals surface area contributed by atoms with E-state index in [0.29, 0.717) is 19.6 Å². The molecule has 0 bridgehead atoms. The number of hydrogen-bond donors (Lipinski definition) is 2. The minimum atomic E-state index is -1.15. The van der Waals surface area contributed by atoms with Crippen LogP contribution in [0.25, 0.3) is 0 Å². The summed E-state index contributed by atoms with van der Waals surface area (Å²) >= 11 is 0. The van der Waals surface area contributed by atoms with Gasteiger partial charge >= 0.3 is 0 Å². The van der Waals surface area contributed by atoms with Gasteiger partial charge in [-0.25, -0.2) is 0 Å². The Bertz CT molecular complexity index is 799. The molecule has 3 amide bonds. The number of amides is 3. The topological polar surface area (TPSA) is 78.5 Å². The van der Waals surface area contributed by atoms with Crippen LogP contribution in [0.3, 0.4) is 0 Å². The normalized spacial score (nSPS) is 16.4. The number of unbranched alkanes of at least 4 members (excludes halogenated alkanes) is 1. The maximum atomic E-state index is 13.7. The highest BCUT2D eigenvalue weighted by molar-refractivity contribution is 6.08. The van der Waals surface area contributed by atoms with Crippen molar-refractivity contribution in [2.75, 3.05) is 19.6 Å². The number of rotatable bonds is 7. The molecule has 1 saturated heterocycles. The summed E-state index contributed by atoms with van der Waals surface area (Å²) in [5, 5.41) is 5.51. The average Bonchev–Trinajstić information content (AvgIpc) is 2.75. The van der Waals surface area contributed by atoms with Crippen molar-refractivity contribution >= 4 is 17.7 Å². The van der Waals surface area contributed by atoms with Gasteiger partial charge in [-0.3, -0.25) is 14.4 Å². The van der Waals surface area contributed by atoms with Crippen molar-refractivity contribution < 1.29 is 14.4 Å². The van der Waals surface area contributed by atoms with Gasteiger partial charge in [0.25, 0.3) is 11.8 Å². The Labute approximate surface area is 171 Å². The molecule has 0 aromatic heterocycles. The first-order chi connectivity index (χ1) is 14.1. The molecule has 1 fully saturated rings. The predicted octanol–water partition coefficient (Wildman–Crippen LogP) is 2.06. The Balaban J connectivity index is 1.92. The molecule has 1 heterocycles. The molecule has 0 saturated carbocycles. The summed E-state index contributed by atoms with van der Waals surface area (Å²) in [5.41, 5.74) is 1.67. The van der Waals surface area contributed by atoms with Gasteiger partial charge in [0, 0.05) is 19.6 Å². The summed E-state index contributed by atoms with van der Waals surface area (Å²) in [6.45, 7) is 3.15. The minimum Gasteiger partial charge on any atom is -0.354 e. The smallest absolute Gasteiger partial charge is 0.252 e. The van der Waals surface area contributed by atoms with Crippen LogP contribution in [0, 0.1) is 0 Å². The molecular weight excluding hydrogens is 366 g/mol. The molecule has 1 aliphatic heterocycles. The van der Waals surface area contributed by atoms with Crippen LogP contribution >= 0.6 is 0 Å². The summed E-state index contributed by atoms with van der Waals surface area (Å²) in [5.74, 6) is -1.68. The molecule has 6 heteroatoms. The van der Waals surface area contributed by atoms with Crippen molar-refractivity contribution in [3.8, 4) is 0 Å². The molecule has 0 radical (unpaired) electrons. The third-order valence-electron chi connectivity index (χ3n) is 5.09. The van der Waals surface area contributed by atoms with Crippen molar-refractivity contribution in [3.05, 3.63) is 71.8 Å². The van der Waals surface area contributed by atoms with E-state index in [-0.39, 0.29) is 5.91 Å². The zero-order valence-electron chi connectivity index (χ0n) is 16.6. The Hall–Kier alpha value is -3.15. The second-order valence-electron chi connectivity index (χ2n) is 7.12. The zero-order valence-corrected chi connectivity index (χ0v) is 16.6. The lowest BCUT2D eigenvalue weighted by atomic mass is 9.89. The van der Waals surface area contributed by atoms with E-state index in [2.05, 4.69) is 10.6 Å². The molecule has 3 rings (SSSR count). The first-order valence-electron chi connectivity index (χ1n) is 10.1.